The molecule has 0 radical (unpaired) electrons. The minimum Gasteiger partial charge on any atom is -0.479 e. The molecule has 0 unspecified atom stereocenters. The number of imidazole rings is 1. The van der Waals surface area contributed by atoms with E-state index in [1.54, 1.807) is 4.57 Å². The SMILES string of the molecule is COc1nc(N)nc2c1ncn2[C@H]1C[C@H](O)[C@H](CO)O1. The highest BCUT2D eigenvalue weighted by molar-refractivity contribution is 5.77. The van der Waals surface area contributed by atoms with Crippen LogP contribution in [0.25, 0.3) is 11.2 Å². The van der Waals surface area contributed by atoms with E-state index in [9.17, 15) is 5.11 Å². The number of nitrogens with zero attached hydrogens (tertiary/aromatic N) is 4. The van der Waals surface area contributed by atoms with Gasteiger partial charge in [-0.1, -0.05) is 0 Å². The Balaban J connectivity index is 2.03. The normalized spacial score (nSPS) is 26.2. The molecule has 2 aromatic rings. The molecule has 9 nitrogen and oxygen atoms in total. The summed E-state index contributed by atoms with van der Waals surface area (Å²) in [5.41, 5.74) is 6.56. The van der Waals surface area contributed by atoms with Gasteiger partial charge in [-0.05, 0) is 0 Å². The van der Waals surface area contributed by atoms with Gasteiger partial charge in [-0.25, -0.2) is 4.98 Å². The van der Waals surface area contributed by atoms with Gasteiger partial charge >= 0.3 is 0 Å². The number of anilines is 1. The number of ether oxygens (including phenoxy) is 2. The van der Waals surface area contributed by atoms with Crippen LogP contribution in [0.3, 0.4) is 0 Å². The molecular weight excluding hydrogens is 266 g/mol. The van der Waals surface area contributed by atoms with Crippen LogP contribution in [0, 0.1) is 0 Å². The van der Waals surface area contributed by atoms with E-state index in [0.29, 0.717) is 17.6 Å². The quantitative estimate of drug-likeness (QED) is 0.657. The summed E-state index contributed by atoms with van der Waals surface area (Å²) in [5.74, 6) is 0.344. The Labute approximate surface area is 114 Å². The van der Waals surface area contributed by atoms with Crippen LogP contribution in [-0.4, -0.2) is 55.7 Å². The molecule has 1 aliphatic heterocycles. The molecule has 20 heavy (non-hydrogen) atoms. The molecule has 0 spiro atoms. The van der Waals surface area contributed by atoms with E-state index in [4.69, 9.17) is 20.3 Å². The Bertz CT molecular complexity index is 631. The largest absolute Gasteiger partial charge is 0.479 e. The molecule has 0 bridgehead atoms. The number of nitrogens with two attached hydrogens (primary N) is 1. The van der Waals surface area contributed by atoms with Crippen molar-refractivity contribution in [3.8, 4) is 5.88 Å². The highest BCUT2D eigenvalue weighted by Gasteiger charge is 2.35. The second-order valence-electron chi connectivity index (χ2n) is 4.53. The van der Waals surface area contributed by atoms with E-state index in [2.05, 4.69) is 15.0 Å². The van der Waals surface area contributed by atoms with E-state index < -0.39 is 18.4 Å². The fraction of sp³-hybridized carbons (Fsp3) is 0.545. The lowest BCUT2D eigenvalue weighted by Gasteiger charge is -2.13. The van der Waals surface area contributed by atoms with E-state index >= 15 is 0 Å². The van der Waals surface area contributed by atoms with Gasteiger partial charge in [0.2, 0.25) is 11.8 Å². The molecular formula is C11H15N5O4. The number of hydrogen-bond acceptors (Lipinski definition) is 8. The van der Waals surface area contributed by atoms with Crippen molar-refractivity contribution in [1.29, 1.82) is 0 Å². The van der Waals surface area contributed by atoms with E-state index in [-0.39, 0.29) is 18.4 Å². The van der Waals surface area contributed by atoms with Crippen LogP contribution in [0.4, 0.5) is 5.95 Å². The first-order valence-corrected chi connectivity index (χ1v) is 6.12. The summed E-state index contributed by atoms with van der Waals surface area (Å²) in [6, 6.07) is 0. The van der Waals surface area contributed by atoms with Gasteiger partial charge in [-0.2, -0.15) is 9.97 Å². The molecule has 0 aromatic carbocycles. The third-order valence-electron chi connectivity index (χ3n) is 3.29. The molecule has 2 aromatic heterocycles. The lowest BCUT2D eigenvalue weighted by atomic mass is 10.2. The Morgan fingerprint density at radius 1 is 1.55 bits per heavy atom. The first kappa shape index (κ1) is 13.0. The van der Waals surface area contributed by atoms with Gasteiger partial charge in [0.1, 0.15) is 12.3 Å². The predicted octanol–water partition coefficient (Wildman–Crippen LogP) is -0.942. The van der Waals surface area contributed by atoms with Crippen molar-refractivity contribution in [2.24, 2.45) is 0 Å². The standard InChI is InChI=1S/C11H15N5O4/c1-19-10-8-9(14-11(12)15-10)16(4-13-8)7-2-5(18)6(3-17)20-7/h4-7,17-18H,2-3H2,1H3,(H2,12,14,15)/t5-,6-,7+/m0/s1. The van der Waals surface area contributed by atoms with E-state index in [1.165, 1.54) is 13.4 Å². The van der Waals surface area contributed by atoms with Crippen LogP contribution >= 0.6 is 0 Å². The Morgan fingerprint density at radius 3 is 3.00 bits per heavy atom. The molecule has 0 amide bonds. The topological polar surface area (TPSA) is 129 Å². The zero-order valence-corrected chi connectivity index (χ0v) is 10.8. The average molecular weight is 281 g/mol. The Hall–Kier alpha value is -1.97. The smallest absolute Gasteiger partial charge is 0.246 e. The second-order valence-corrected chi connectivity index (χ2v) is 4.53. The summed E-state index contributed by atoms with van der Waals surface area (Å²) in [5, 5.41) is 18.9. The molecule has 1 aliphatic rings. The van der Waals surface area contributed by atoms with Gasteiger partial charge < -0.3 is 25.4 Å². The number of nitrogen functional groups attached to an aromatic ring is 1. The van der Waals surface area contributed by atoms with Gasteiger partial charge in [0, 0.05) is 6.42 Å². The number of aromatic nitrogens is 4. The maximum absolute atomic E-state index is 9.78. The number of rotatable bonds is 3. The van der Waals surface area contributed by atoms with Crippen LogP contribution in [0.5, 0.6) is 5.88 Å². The summed E-state index contributed by atoms with van der Waals surface area (Å²) < 4.78 is 12.3. The zero-order chi connectivity index (χ0) is 14.3. The van der Waals surface area contributed by atoms with Crippen molar-refractivity contribution < 1.29 is 19.7 Å². The summed E-state index contributed by atoms with van der Waals surface area (Å²) in [6.45, 7) is -0.245. The number of fused-ring (bicyclic) bond motifs is 1. The second kappa shape index (κ2) is 4.85. The van der Waals surface area contributed by atoms with Crippen molar-refractivity contribution >= 4 is 17.1 Å². The molecule has 0 aliphatic carbocycles. The van der Waals surface area contributed by atoms with Crippen molar-refractivity contribution in [2.75, 3.05) is 19.5 Å². The highest BCUT2D eigenvalue weighted by atomic mass is 16.5. The maximum atomic E-state index is 9.78. The predicted molar refractivity (Wildman–Crippen MR) is 67.9 cm³/mol. The number of aliphatic hydroxyl groups excluding tert-OH is 2. The van der Waals surface area contributed by atoms with Crippen molar-refractivity contribution in [1.82, 2.24) is 19.5 Å². The molecule has 3 rings (SSSR count). The summed E-state index contributed by atoms with van der Waals surface area (Å²) in [4.78, 5) is 12.3. The van der Waals surface area contributed by atoms with Gasteiger partial charge in [0.05, 0.1) is 26.1 Å². The van der Waals surface area contributed by atoms with Crippen LogP contribution in [0.1, 0.15) is 12.6 Å². The third kappa shape index (κ3) is 1.96. The lowest BCUT2D eigenvalue weighted by molar-refractivity contribution is -0.0432. The Morgan fingerprint density at radius 2 is 2.35 bits per heavy atom. The molecule has 3 heterocycles. The first-order chi connectivity index (χ1) is 9.63. The monoisotopic (exact) mass is 281 g/mol. The number of hydrogen-bond donors (Lipinski definition) is 3. The number of methoxy groups -OCH3 is 1. The molecule has 3 atom stereocenters. The zero-order valence-electron chi connectivity index (χ0n) is 10.8. The van der Waals surface area contributed by atoms with Crippen LogP contribution in [0.2, 0.25) is 0 Å². The van der Waals surface area contributed by atoms with Crippen molar-refractivity contribution in [3.63, 3.8) is 0 Å². The minimum absolute atomic E-state index is 0.0633. The van der Waals surface area contributed by atoms with Crippen molar-refractivity contribution in [3.05, 3.63) is 6.33 Å². The summed E-state index contributed by atoms with van der Waals surface area (Å²) in [7, 11) is 1.47. The third-order valence-corrected chi connectivity index (χ3v) is 3.29. The van der Waals surface area contributed by atoms with Gasteiger partial charge in [0.25, 0.3) is 0 Å². The fourth-order valence-electron chi connectivity index (χ4n) is 2.31. The van der Waals surface area contributed by atoms with Gasteiger partial charge in [0.15, 0.2) is 11.2 Å². The molecule has 1 saturated heterocycles. The van der Waals surface area contributed by atoms with Gasteiger partial charge in [-0.3, -0.25) is 4.57 Å². The molecule has 1 fully saturated rings. The molecule has 4 N–H and O–H groups in total. The summed E-state index contributed by atoms with van der Waals surface area (Å²) >= 11 is 0. The highest BCUT2D eigenvalue weighted by Crippen LogP contribution is 2.32. The van der Waals surface area contributed by atoms with E-state index in [0.717, 1.165) is 0 Å². The lowest BCUT2D eigenvalue weighted by Crippen LogP contribution is -2.24. The molecule has 9 heteroatoms. The Kier molecular flexibility index (Phi) is 3.16. The van der Waals surface area contributed by atoms with Gasteiger partial charge in [-0.15, -0.1) is 0 Å². The summed E-state index contributed by atoms with van der Waals surface area (Å²) in [6.07, 6.45) is 0.0506. The van der Waals surface area contributed by atoms with Crippen LogP contribution < -0.4 is 10.5 Å². The van der Waals surface area contributed by atoms with E-state index in [1.807, 2.05) is 0 Å². The average Bonchev–Trinajstić information content (AvgIpc) is 3.00. The van der Waals surface area contributed by atoms with Crippen LogP contribution in [-0.2, 0) is 4.74 Å². The van der Waals surface area contributed by atoms with Crippen molar-refractivity contribution in [2.45, 2.75) is 24.9 Å². The maximum Gasteiger partial charge on any atom is 0.246 e. The first-order valence-electron chi connectivity index (χ1n) is 6.12. The molecule has 0 saturated carbocycles. The number of aliphatic hydroxyl groups is 2. The molecule has 108 valence electrons. The minimum atomic E-state index is -0.733. The fourth-order valence-corrected chi connectivity index (χ4v) is 2.31. The van der Waals surface area contributed by atoms with Crippen LogP contribution in [0.15, 0.2) is 6.33 Å².